The van der Waals surface area contributed by atoms with Crippen LogP contribution in [0.1, 0.15) is 18.7 Å². The molecule has 0 N–H and O–H groups in total. The zero-order valence-electron chi connectivity index (χ0n) is 16.1. The minimum absolute atomic E-state index is 0.0567. The van der Waals surface area contributed by atoms with Gasteiger partial charge in [-0.3, -0.25) is 4.79 Å². The summed E-state index contributed by atoms with van der Waals surface area (Å²) < 4.78 is 32.2. The molecule has 0 radical (unpaired) electrons. The van der Waals surface area contributed by atoms with Gasteiger partial charge >= 0.3 is 0 Å². The Hall–Kier alpha value is -2.27. The minimum Gasteiger partial charge on any atom is -0.419 e. The summed E-state index contributed by atoms with van der Waals surface area (Å²) in [6.07, 6.45) is 1.73. The van der Waals surface area contributed by atoms with Gasteiger partial charge in [0.25, 0.3) is 10.0 Å². The summed E-state index contributed by atoms with van der Waals surface area (Å²) in [6, 6.07) is 10.2. The molecule has 0 atom stereocenters. The fourth-order valence-corrected chi connectivity index (χ4v) is 5.36. The van der Waals surface area contributed by atoms with Gasteiger partial charge in [0.2, 0.25) is 17.7 Å². The Morgan fingerprint density at radius 1 is 1.23 bits per heavy atom. The second kappa shape index (κ2) is 8.46. The van der Waals surface area contributed by atoms with Crippen LogP contribution < -0.4 is 0 Å². The molecule has 1 aliphatic carbocycles. The van der Waals surface area contributed by atoms with E-state index in [0.717, 1.165) is 34.0 Å². The Bertz CT molecular complexity index is 1130. The number of halogens is 1. The van der Waals surface area contributed by atoms with Crippen molar-refractivity contribution in [1.29, 1.82) is 0 Å². The maximum atomic E-state index is 12.9. The van der Waals surface area contributed by atoms with Crippen molar-refractivity contribution >= 4 is 38.9 Å². The highest BCUT2D eigenvalue weighted by Gasteiger charge is 2.35. The van der Waals surface area contributed by atoms with Crippen LogP contribution in [0.15, 0.2) is 50.4 Å². The molecule has 2 aromatic heterocycles. The van der Waals surface area contributed by atoms with Gasteiger partial charge in [0.1, 0.15) is 4.21 Å². The van der Waals surface area contributed by atoms with E-state index < -0.39 is 10.0 Å². The molecule has 4 rings (SSSR count). The van der Waals surface area contributed by atoms with E-state index in [1.54, 1.807) is 40.6 Å². The van der Waals surface area contributed by atoms with E-state index in [9.17, 15) is 13.2 Å². The maximum Gasteiger partial charge on any atom is 0.252 e. The predicted molar refractivity (Wildman–Crippen MR) is 112 cm³/mol. The Balaban J connectivity index is 1.45. The van der Waals surface area contributed by atoms with Crippen LogP contribution in [0.2, 0.25) is 5.02 Å². The second-order valence-electron chi connectivity index (χ2n) is 6.95. The highest BCUT2D eigenvalue weighted by Crippen LogP contribution is 2.29. The number of rotatable bonds is 8. The first kappa shape index (κ1) is 21.0. The number of nitrogens with zero attached hydrogens (tertiary/aromatic N) is 4. The largest absolute Gasteiger partial charge is 0.419 e. The SMILES string of the molecule is CN(CC(=O)N(Cc1nnc(-c2ccc(Cl)cc2)o1)C1CC1)S(=O)(=O)c1cccs1. The first-order valence-electron chi connectivity index (χ1n) is 9.22. The van der Waals surface area contributed by atoms with Gasteiger partial charge in [-0.1, -0.05) is 17.7 Å². The van der Waals surface area contributed by atoms with Crippen molar-refractivity contribution < 1.29 is 17.6 Å². The Morgan fingerprint density at radius 2 is 1.97 bits per heavy atom. The third-order valence-electron chi connectivity index (χ3n) is 4.69. The number of hydrogen-bond donors (Lipinski definition) is 0. The third-order valence-corrected chi connectivity index (χ3v) is 8.12. The fourth-order valence-electron chi connectivity index (χ4n) is 2.91. The van der Waals surface area contributed by atoms with Crippen LogP contribution in [-0.4, -0.2) is 53.4 Å². The monoisotopic (exact) mass is 466 g/mol. The van der Waals surface area contributed by atoms with Gasteiger partial charge in [0, 0.05) is 23.7 Å². The van der Waals surface area contributed by atoms with Gasteiger partial charge in [-0.2, -0.15) is 4.31 Å². The van der Waals surface area contributed by atoms with Crippen LogP contribution in [0.25, 0.3) is 11.5 Å². The molecule has 11 heteroatoms. The van der Waals surface area contributed by atoms with Crippen LogP contribution in [0.3, 0.4) is 0 Å². The van der Waals surface area contributed by atoms with E-state index in [1.807, 2.05) is 0 Å². The summed E-state index contributed by atoms with van der Waals surface area (Å²) in [4.78, 5) is 14.5. The maximum absolute atomic E-state index is 12.9. The van der Waals surface area contributed by atoms with Gasteiger partial charge in [0.05, 0.1) is 13.1 Å². The lowest BCUT2D eigenvalue weighted by Gasteiger charge is -2.23. The molecule has 0 bridgehead atoms. The number of likely N-dealkylation sites (N-methyl/N-ethyl adjacent to an activating group) is 1. The zero-order valence-corrected chi connectivity index (χ0v) is 18.5. The fraction of sp³-hybridized carbons (Fsp3) is 0.316. The summed E-state index contributed by atoms with van der Waals surface area (Å²) in [5.41, 5.74) is 0.726. The molecular weight excluding hydrogens is 448 g/mol. The van der Waals surface area contributed by atoms with Crippen LogP contribution in [0.5, 0.6) is 0 Å². The average molecular weight is 467 g/mol. The van der Waals surface area contributed by atoms with Crippen molar-refractivity contribution in [2.45, 2.75) is 29.6 Å². The summed E-state index contributed by atoms with van der Waals surface area (Å²) in [5.74, 6) is 0.331. The van der Waals surface area contributed by atoms with Gasteiger partial charge in [-0.15, -0.1) is 21.5 Å². The minimum atomic E-state index is -3.70. The summed E-state index contributed by atoms with van der Waals surface area (Å²) in [7, 11) is -2.29. The van der Waals surface area contributed by atoms with Crippen molar-refractivity contribution in [1.82, 2.24) is 19.4 Å². The molecule has 8 nitrogen and oxygen atoms in total. The molecule has 0 aliphatic heterocycles. The van der Waals surface area contributed by atoms with Crippen molar-refractivity contribution in [3.63, 3.8) is 0 Å². The first-order valence-corrected chi connectivity index (χ1v) is 11.9. The first-order chi connectivity index (χ1) is 14.3. The molecule has 1 fully saturated rings. The molecule has 1 aromatic carbocycles. The Morgan fingerprint density at radius 3 is 2.60 bits per heavy atom. The van der Waals surface area contributed by atoms with E-state index in [4.69, 9.17) is 16.0 Å². The van der Waals surface area contributed by atoms with E-state index >= 15 is 0 Å². The summed E-state index contributed by atoms with van der Waals surface area (Å²) in [6.45, 7) is -0.119. The van der Waals surface area contributed by atoms with Gasteiger partial charge < -0.3 is 9.32 Å². The lowest BCUT2D eigenvalue weighted by atomic mass is 10.2. The van der Waals surface area contributed by atoms with Crippen molar-refractivity contribution in [2.24, 2.45) is 0 Å². The molecule has 30 heavy (non-hydrogen) atoms. The van der Waals surface area contributed by atoms with E-state index in [0.29, 0.717) is 16.8 Å². The summed E-state index contributed by atoms with van der Waals surface area (Å²) >= 11 is 7.02. The molecule has 3 aromatic rings. The topological polar surface area (TPSA) is 96.6 Å². The van der Waals surface area contributed by atoms with E-state index in [-0.39, 0.29) is 29.2 Å². The van der Waals surface area contributed by atoms with Crippen LogP contribution in [0, 0.1) is 0 Å². The van der Waals surface area contributed by atoms with E-state index in [2.05, 4.69) is 10.2 Å². The molecule has 1 saturated carbocycles. The smallest absolute Gasteiger partial charge is 0.252 e. The number of thiophene rings is 1. The molecule has 1 aliphatic rings. The molecule has 0 unspecified atom stereocenters. The number of amides is 1. The quantitative estimate of drug-likeness (QED) is 0.505. The number of benzene rings is 1. The number of sulfonamides is 1. The predicted octanol–water partition coefficient (Wildman–Crippen LogP) is 3.26. The van der Waals surface area contributed by atoms with Crippen LogP contribution >= 0.6 is 22.9 Å². The molecule has 1 amide bonds. The van der Waals surface area contributed by atoms with Gasteiger partial charge in [-0.25, -0.2) is 8.42 Å². The van der Waals surface area contributed by atoms with Gasteiger partial charge in [0.15, 0.2) is 0 Å². The highest BCUT2D eigenvalue weighted by atomic mass is 35.5. The standard InChI is InChI=1S/C19H19ClN4O4S2/c1-23(30(26,27)18-3-2-10-29-18)12-17(25)24(15-8-9-15)11-16-21-22-19(28-16)13-4-6-14(20)7-5-13/h2-7,10,15H,8-9,11-12H2,1H3. The lowest BCUT2D eigenvalue weighted by molar-refractivity contribution is -0.132. The normalized spacial score (nSPS) is 14.2. The Kier molecular flexibility index (Phi) is 5.92. The van der Waals surface area contributed by atoms with Crippen molar-refractivity contribution in [2.75, 3.05) is 13.6 Å². The van der Waals surface area contributed by atoms with Crippen molar-refractivity contribution in [3.05, 3.63) is 52.7 Å². The number of aromatic nitrogens is 2. The second-order valence-corrected chi connectivity index (χ2v) is 10.6. The molecular formula is C19H19ClN4O4S2. The zero-order chi connectivity index (χ0) is 21.3. The summed E-state index contributed by atoms with van der Waals surface area (Å²) in [5, 5.41) is 10.4. The Labute approximate surface area is 183 Å². The number of carbonyl (C=O) groups excluding carboxylic acids is 1. The lowest BCUT2D eigenvalue weighted by Crippen LogP contribution is -2.41. The molecule has 158 valence electrons. The van der Waals surface area contributed by atoms with Crippen LogP contribution in [0.4, 0.5) is 0 Å². The van der Waals surface area contributed by atoms with Crippen molar-refractivity contribution in [3.8, 4) is 11.5 Å². The third kappa shape index (κ3) is 4.56. The van der Waals surface area contributed by atoms with E-state index in [1.165, 1.54) is 13.1 Å². The number of carbonyl (C=O) groups is 1. The average Bonchev–Trinajstić information content (AvgIpc) is 3.19. The van der Waals surface area contributed by atoms with Gasteiger partial charge in [-0.05, 0) is 48.6 Å². The number of hydrogen-bond acceptors (Lipinski definition) is 7. The molecule has 0 spiro atoms. The highest BCUT2D eigenvalue weighted by molar-refractivity contribution is 7.91. The molecule has 2 heterocycles. The van der Waals surface area contributed by atoms with Crippen LogP contribution in [-0.2, 0) is 21.4 Å². The molecule has 0 saturated heterocycles.